The second kappa shape index (κ2) is 6.58. The molecule has 0 aliphatic carbocycles. The Labute approximate surface area is 143 Å². The first-order chi connectivity index (χ1) is 10.6. The molecule has 23 heavy (non-hydrogen) atoms. The average molecular weight is 431 g/mol. The fraction of sp³-hybridized carbons (Fsp3) is 0.0769. The number of hydrogen-bond acceptors (Lipinski definition) is 3. The number of sulfonamides is 1. The van der Waals surface area contributed by atoms with Gasteiger partial charge in [-0.15, -0.1) is 13.2 Å². The summed E-state index contributed by atoms with van der Waals surface area (Å²) in [5.74, 6) is -0.621. The van der Waals surface area contributed by atoms with Crippen LogP contribution < -0.4 is 9.46 Å². The van der Waals surface area contributed by atoms with Crippen LogP contribution in [0, 0.1) is 0 Å². The molecule has 2 rings (SSSR count). The van der Waals surface area contributed by atoms with Crippen molar-refractivity contribution in [3.05, 3.63) is 52.0 Å². The van der Waals surface area contributed by atoms with Gasteiger partial charge in [-0.05, 0) is 36.4 Å². The zero-order valence-corrected chi connectivity index (χ0v) is 14.2. The third-order valence-corrected chi connectivity index (χ3v) is 4.68. The van der Waals surface area contributed by atoms with Gasteiger partial charge in [0.2, 0.25) is 0 Å². The van der Waals surface area contributed by atoms with Gasteiger partial charge in [-0.3, -0.25) is 4.72 Å². The Kier molecular flexibility index (Phi) is 5.12. The molecule has 0 bridgehead atoms. The van der Waals surface area contributed by atoms with Gasteiger partial charge in [0.25, 0.3) is 10.0 Å². The number of hydrogen-bond donors (Lipinski definition) is 1. The monoisotopic (exact) mass is 429 g/mol. The van der Waals surface area contributed by atoms with Crippen molar-refractivity contribution >= 4 is 43.2 Å². The molecule has 124 valence electrons. The number of halogens is 5. The Bertz CT molecular complexity index is 827. The fourth-order valence-electron chi connectivity index (χ4n) is 1.62. The van der Waals surface area contributed by atoms with Crippen molar-refractivity contribution in [2.24, 2.45) is 0 Å². The molecule has 0 atom stereocenters. The van der Waals surface area contributed by atoms with Crippen LogP contribution in [0.2, 0.25) is 5.02 Å². The van der Waals surface area contributed by atoms with Crippen molar-refractivity contribution in [3.8, 4) is 5.75 Å². The summed E-state index contributed by atoms with van der Waals surface area (Å²) in [6, 6.07) is 9.00. The highest BCUT2D eigenvalue weighted by Gasteiger charge is 2.32. The van der Waals surface area contributed by atoms with Crippen molar-refractivity contribution < 1.29 is 26.3 Å². The SMILES string of the molecule is O=S(=O)(Nc1ccc(OC(F)(F)F)c(Cl)c1)c1cccc(Br)c1. The Morgan fingerprint density at radius 2 is 1.83 bits per heavy atom. The molecule has 0 amide bonds. The van der Waals surface area contributed by atoms with Crippen LogP contribution >= 0.6 is 27.5 Å². The quantitative estimate of drug-likeness (QED) is 0.758. The summed E-state index contributed by atoms with van der Waals surface area (Å²) in [5, 5.41) is -0.378. The molecule has 0 saturated carbocycles. The molecule has 0 unspecified atom stereocenters. The number of benzene rings is 2. The van der Waals surface area contributed by atoms with E-state index in [9.17, 15) is 21.6 Å². The van der Waals surface area contributed by atoms with Crippen LogP contribution in [0.25, 0.3) is 0 Å². The molecule has 0 spiro atoms. The van der Waals surface area contributed by atoms with Gasteiger partial charge in [0.05, 0.1) is 15.6 Å². The zero-order chi connectivity index (χ0) is 17.3. The smallest absolute Gasteiger partial charge is 0.404 e. The van der Waals surface area contributed by atoms with Crippen LogP contribution in [0.4, 0.5) is 18.9 Å². The lowest BCUT2D eigenvalue weighted by atomic mass is 10.3. The topological polar surface area (TPSA) is 55.4 Å². The van der Waals surface area contributed by atoms with Crippen LogP contribution in [-0.4, -0.2) is 14.8 Å². The number of rotatable bonds is 4. The van der Waals surface area contributed by atoms with E-state index in [1.54, 1.807) is 6.07 Å². The molecule has 0 aliphatic rings. The Morgan fingerprint density at radius 1 is 1.13 bits per heavy atom. The molecule has 1 N–H and O–H groups in total. The van der Waals surface area contributed by atoms with Gasteiger partial charge in [0.1, 0.15) is 5.75 Å². The van der Waals surface area contributed by atoms with Gasteiger partial charge in [-0.2, -0.15) is 0 Å². The van der Waals surface area contributed by atoms with Crippen molar-refractivity contribution in [1.29, 1.82) is 0 Å². The molecule has 4 nitrogen and oxygen atoms in total. The third kappa shape index (κ3) is 5.02. The molecule has 0 saturated heterocycles. The molecule has 2 aromatic rings. The van der Waals surface area contributed by atoms with Crippen LogP contribution in [-0.2, 0) is 10.0 Å². The third-order valence-electron chi connectivity index (χ3n) is 2.52. The maximum Gasteiger partial charge on any atom is 0.573 e. The molecular formula is C13H8BrClF3NO3S. The minimum absolute atomic E-state index is 0.00417. The number of alkyl halides is 3. The lowest BCUT2D eigenvalue weighted by molar-refractivity contribution is -0.274. The summed E-state index contributed by atoms with van der Waals surface area (Å²) < 4.78 is 67.3. The Balaban J connectivity index is 2.25. The van der Waals surface area contributed by atoms with Gasteiger partial charge in [-0.1, -0.05) is 33.6 Å². The Hall–Kier alpha value is -1.45. The lowest BCUT2D eigenvalue weighted by Crippen LogP contribution is -2.17. The second-order valence-corrected chi connectivity index (χ2v) is 7.26. The predicted molar refractivity (Wildman–Crippen MR) is 83.1 cm³/mol. The summed E-state index contributed by atoms with van der Waals surface area (Å²) in [6.07, 6.45) is -4.89. The number of anilines is 1. The van der Waals surface area contributed by atoms with E-state index in [1.807, 2.05) is 0 Å². The molecule has 0 radical (unpaired) electrons. The first-order valence-electron chi connectivity index (χ1n) is 5.90. The van der Waals surface area contributed by atoms with Crippen molar-refractivity contribution in [1.82, 2.24) is 0 Å². The van der Waals surface area contributed by atoms with Gasteiger partial charge < -0.3 is 4.74 Å². The highest BCUT2D eigenvalue weighted by atomic mass is 79.9. The molecule has 2 aromatic carbocycles. The highest BCUT2D eigenvalue weighted by molar-refractivity contribution is 9.10. The van der Waals surface area contributed by atoms with E-state index < -0.39 is 22.1 Å². The first kappa shape index (κ1) is 17.9. The van der Waals surface area contributed by atoms with Crippen molar-refractivity contribution in [2.75, 3.05) is 4.72 Å². The maximum absolute atomic E-state index is 12.2. The van der Waals surface area contributed by atoms with Crippen LogP contribution in [0.15, 0.2) is 51.8 Å². The van der Waals surface area contributed by atoms with E-state index in [0.717, 1.165) is 18.2 Å². The van der Waals surface area contributed by atoms with Gasteiger partial charge in [-0.25, -0.2) is 8.42 Å². The normalized spacial score (nSPS) is 12.0. The summed E-state index contributed by atoms with van der Waals surface area (Å²) >= 11 is 8.82. The summed E-state index contributed by atoms with van der Waals surface area (Å²) in [4.78, 5) is -0.0152. The molecule has 10 heteroatoms. The van der Waals surface area contributed by atoms with E-state index in [4.69, 9.17) is 11.6 Å². The minimum atomic E-state index is -4.89. The lowest BCUT2D eigenvalue weighted by Gasteiger charge is -2.12. The summed E-state index contributed by atoms with van der Waals surface area (Å²) in [7, 11) is -3.90. The van der Waals surface area contributed by atoms with Crippen molar-refractivity contribution in [2.45, 2.75) is 11.3 Å². The predicted octanol–water partition coefficient (Wildman–Crippen LogP) is 4.80. The Morgan fingerprint density at radius 3 is 2.39 bits per heavy atom. The number of nitrogens with one attached hydrogen (secondary N) is 1. The van der Waals surface area contributed by atoms with E-state index in [2.05, 4.69) is 25.4 Å². The van der Waals surface area contributed by atoms with Crippen LogP contribution in [0.5, 0.6) is 5.75 Å². The van der Waals surface area contributed by atoms with Crippen LogP contribution in [0.1, 0.15) is 0 Å². The zero-order valence-electron chi connectivity index (χ0n) is 11.1. The van der Waals surface area contributed by atoms with Gasteiger partial charge in [0.15, 0.2) is 0 Å². The maximum atomic E-state index is 12.2. The fourth-order valence-corrected chi connectivity index (χ4v) is 3.48. The van der Waals surface area contributed by atoms with Gasteiger partial charge in [0, 0.05) is 4.47 Å². The standard InChI is InChI=1S/C13H8BrClF3NO3S/c14-8-2-1-3-10(6-8)23(20,21)19-9-4-5-12(11(15)7-9)22-13(16,17)18/h1-7,19H. The largest absolute Gasteiger partial charge is 0.573 e. The summed E-state index contributed by atoms with van der Waals surface area (Å²) in [5.41, 5.74) is 0.00417. The molecular weight excluding hydrogens is 423 g/mol. The molecule has 0 fully saturated rings. The summed E-state index contributed by atoms with van der Waals surface area (Å²) in [6.45, 7) is 0. The van der Waals surface area contributed by atoms with E-state index >= 15 is 0 Å². The minimum Gasteiger partial charge on any atom is -0.404 e. The van der Waals surface area contributed by atoms with E-state index in [-0.39, 0.29) is 15.6 Å². The van der Waals surface area contributed by atoms with E-state index in [1.165, 1.54) is 18.2 Å². The van der Waals surface area contributed by atoms with Gasteiger partial charge >= 0.3 is 6.36 Å². The van der Waals surface area contributed by atoms with Crippen molar-refractivity contribution in [3.63, 3.8) is 0 Å². The first-order valence-corrected chi connectivity index (χ1v) is 8.56. The molecule has 0 aliphatic heterocycles. The average Bonchev–Trinajstić information content (AvgIpc) is 2.40. The molecule has 0 aromatic heterocycles. The second-order valence-electron chi connectivity index (χ2n) is 4.26. The van der Waals surface area contributed by atoms with E-state index in [0.29, 0.717) is 4.47 Å². The highest BCUT2D eigenvalue weighted by Crippen LogP contribution is 2.32. The number of ether oxygens (including phenoxy) is 1. The molecule has 0 heterocycles. The van der Waals surface area contributed by atoms with Crippen LogP contribution in [0.3, 0.4) is 0 Å².